The highest BCUT2D eigenvalue weighted by Crippen LogP contribution is 2.53. The van der Waals surface area contributed by atoms with Crippen molar-refractivity contribution in [3.63, 3.8) is 0 Å². The molecule has 2 fully saturated rings. The van der Waals surface area contributed by atoms with E-state index in [1.54, 1.807) is 18.2 Å². The van der Waals surface area contributed by atoms with Crippen molar-refractivity contribution in [3.8, 4) is 6.07 Å². The van der Waals surface area contributed by atoms with E-state index in [1.165, 1.54) is 4.90 Å². The summed E-state index contributed by atoms with van der Waals surface area (Å²) in [6.45, 7) is 1.86. The molecule has 0 spiro atoms. The zero-order valence-corrected chi connectivity index (χ0v) is 11.6. The standard InChI is InChI=1S/C17H14N2O2/c1-9-2-3-10(8-18)6-13(9)19-16(20)14-11-4-5-12(7-11)15(14)17(19)21/h2-6,11-12,14-15H,7H2,1H3. The Morgan fingerprint density at radius 2 is 1.76 bits per heavy atom. The van der Waals surface area contributed by atoms with Crippen LogP contribution in [0, 0.1) is 41.9 Å². The van der Waals surface area contributed by atoms with Crippen LogP contribution >= 0.6 is 0 Å². The molecule has 2 bridgehead atoms. The number of allylic oxidation sites excluding steroid dienone is 2. The van der Waals surface area contributed by atoms with Crippen molar-refractivity contribution in [2.45, 2.75) is 13.3 Å². The number of hydrogen-bond donors (Lipinski definition) is 0. The second-order valence-electron chi connectivity index (χ2n) is 6.12. The Bertz CT molecular complexity index is 714. The van der Waals surface area contributed by atoms with Gasteiger partial charge in [-0.25, -0.2) is 4.90 Å². The molecule has 1 aromatic carbocycles. The summed E-state index contributed by atoms with van der Waals surface area (Å²) in [7, 11) is 0. The van der Waals surface area contributed by atoms with Crippen LogP contribution in [0.25, 0.3) is 0 Å². The van der Waals surface area contributed by atoms with Crippen LogP contribution in [0.4, 0.5) is 5.69 Å². The van der Waals surface area contributed by atoms with Gasteiger partial charge in [-0.2, -0.15) is 5.26 Å². The second-order valence-corrected chi connectivity index (χ2v) is 6.12. The Morgan fingerprint density at radius 1 is 1.14 bits per heavy atom. The fourth-order valence-corrected chi connectivity index (χ4v) is 4.06. The van der Waals surface area contributed by atoms with Crippen molar-refractivity contribution < 1.29 is 9.59 Å². The van der Waals surface area contributed by atoms with E-state index in [2.05, 4.69) is 18.2 Å². The van der Waals surface area contributed by atoms with E-state index in [1.807, 2.05) is 6.92 Å². The number of anilines is 1. The molecule has 2 amide bonds. The minimum atomic E-state index is -0.197. The van der Waals surface area contributed by atoms with Gasteiger partial charge in [0.1, 0.15) is 0 Å². The molecule has 4 nitrogen and oxygen atoms in total. The summed E-state index contributed by atoms with van der Waals surface area (Å²) in [6.07, 6.45) is 5.09. The molecule has 0 aromatic heterocycles. The van der Waals surface area contributed by atoms with E-state index in [9.17, 15) is 9.59 Å². The summed E-state index contributed by atoms with van der Waals surface area (Å²) in [5.74, 6) is -0.169. The number of imide groups is 1. The van der Waals surface area contributed by atoms with Crippen LogP contribution < -0.4 is 4.90 Å². The van der Waals surface area contributed by atoms with Crippen molar-refractivity contribution in [2.75, 3.05) is 4.90 Å². The number of hydrogen-bond acceptors (Lipinski definition) is 3. The number of rotatable bonds is 1. The number of benzene rings is 1. The Balaban J connectivity index is 1.80. The highest BCUT2D eigenvalue weighted by Gasteiger charge is 2.59. The van der Waals surface area contributed by atoms with Gasteiger partial charge in [0.25, 0.3) is 0 Å². The van der Waals surface area contributed by atoms with Crippen LogP contribution in [-0.2, 0) is 9.59 Å². The molecule has 4 heteroatoms. The van der Waals surface area contributed by atoms with Crippen molar-refractivity contribution in [3.05, 3.63) is 41.5 Å². The molecule has 1 saturated heterocycles. The van der Waals surface area contributed by atoms with Crippen LogP contribution in [0.5, 0.6) is 0 Å². The van der Waals surface area contributed by atoms with Gasteiger partial charge in [0, 0.05) is 0 Å². The van der Waals surface area contributed by atoms with E-state index in [0.29, 0.717) is 11.3 Å². The molecule has 2 aliphatic carbocycles. The van der Waals surface area contributed by atoms with Crippen LogP contribution in [0.2, 0.25) is 0 Å². The minimum Gasteiger partial charge on any atom is -0.274 e. The molecular formula is C17H14N2O2. The number of nitrogens with zero attached hydrogens (tertiary/aromatic N) is 2. The lowest BCUT2D eigenvalue weighted by Crippen LogP contribution is -2.33. The molecule has 1 aliphatic heterocycles. The number of fused-ring (bicyclic) bond motifs is 5. The Hall–Kier alpha value is -2.41. The lowest BCUT2D eigenvalue weighted by Gasteiger charge is -2.19. The first-order valence-electron chi connectivity index (χ1n) is 7.18. The summed E-state index contributed by atoms with van der Waals surface area (Å²) >= 11 is 0. The first-order valence-corrected chi connectivity index (χ1v) is 7.18. The number of amides is 2. The van der Waals surface area contributed by atoms with E-state index < -0.39 is 0 Å². The van der Waals surface area contributed by atoms with Gasteiger partial charge < -0.3 is 0 Å². The number of carbonyl (C=O) groups excluding carboxylic acids is 2. The van der Waals surface area contributed by atoms with Crippen molar-refractivity contribution >= 4 is 17.5 Å². The van der Waals surface area contributed by atoms with E-state index in [4.69, 9.17) is 5.26 Å². The molecule has 4 rings (SSSR count). The molecule has 0 radical (unpaired) electrons. The Kier molecular flexibility index (Phi) is 2.38. The summed E-state index contributed by atoms with van der Waals surface area (Å²) in [6, 6.07) is 7.20. The minimum absolute atomic E-state index is 0.0972. The summed E-state index contributed by atoms with van der Waals surface area (Å²) in [5, 5.41) is 9.03. The lowest BCUT2D eigenvalue weighted by atomic mass is 9.85. The van der Waals surface area contributed by atoms with Gasteiger partial charge in [0.2, 0.25) is 11.8 Å². The highest BCUT2D eigenvalue weighted by molar-refractivity contribution is 6.23. The molecule has 1 aromatic rings. The third-order valence-electron chi connectivity index (χ3n) is 5.05. The molecule has 104 valence electrons. The molecule has 1 saturated carbocycles. The van der Waals surface area contributed by atoms with Crippen LogP contribution in [0.3, 0.4) is 0 Å². The van der Waals surface area contributed by atoms with Gasteiger partial charge in [0.05, 0.1) is 29.2 Å². The van der Waals surface area contributed by atoms with Crippen molar-refractivity contribution in [1.82, 2.24) is 0 Å². The fourth-order valence-electron chi connectivity index (χ4n) is 4.06. The maximum Gasteiger partial charge on any atom is 0.238 e. The molecule has 21 heavy (non-hydrogen) atoms. The predicted molar refractivity (Wildman–Crippen MR) is 76.1 cm³/mol. The van der Waals surface area contributed by atoms with E-state index >= 15 is 0 Å². The molecular weight excluding hydrogens is 264 g/mol. The zero-order chi connectivity index (χ0) is 14.7. The number of aryl methyl sites for hydroxylation is 1. The summed E-state index contributed by atoms with van der Waals surface area (Å²) in [4.78, 5) is 26.8. The van der Waals surface area contributed by atoms with Gasteiger partial charge in [0.15, 0.2) is 0 Å². The maximum atomic E-state index is 12.7. The first-order chi connectivity index (χ1) is 10.1. The first kappa shape index (κ1) is 12.3. The summed E-state index contributed by atoms with van der Waals surface area (Å²) < 4.78 is 0. The average Bonchev–Trinajstić information content (AvgIpc) is 3.15. The molecule has 1 heterocycles. The molecule has 0 N–H and O–H groups in total. The van der Waals surface area contributed by atoms with Crippen molar-refractivity contribution in [2.24, 2.45) is 23.7 Å². The number of nitriles is 1. The predicted octanol–water partition coefficient (Wildman–Crippen LogP) is 2.18. The van der Waals surface area contributed by atoms with Gasteiger partial charge >= 0.3 is 0 Å². The number of carbonyl (C=O) groups is 2. The Labute approximate surface area is 122 Å². The van der Waals surface area contributed by atoms with Gasteiger partial charge in [-0.15, -0.1) is 0 Å². The third kappa shape index (κ3) is 1.49. The van der Waals surface area contributed by atoms with Gasteiger partial charge in [-0.3, -0.25) is 9.59 Å². The fraction of sp³-hybridized carbons (Fsp3) is 0.353. The molecule has 4 atom stereocenters. The molecule has 4 unspecified atom stereocenters. The smallest absolute Gasteiger partial charge is 0.238 e. The van der Waals surface area contributed by atoms with E-state index in [-0.39, 0.29) is 35.5 Å². The summed E-state index contributed by atoms with van der Waals surface area (Å²) in [5.41, 5.74) is 1.88. The quantitative estimate of drug-likeness (QED) is 0.584. The van der Waals surface area contributed by atoms with Crippen LogP contribution in [0.1, 0.15) is 17.5 Å². The SMILES string of the molecule is Cc1ccc(C#N)cc1N1C(=O)C2C3C=CC(C3)C2C1=O. The zero-order valence-electron chi connectivity index (χ0n) is 11.6. The van der Waals surface area contributed by atoms with Gasteiger partial charge in [-0.05, 0) is 42.9 Å². The maximum absolute atomic E-state index is 12.7. The highest BCUT2D eigenvalue weighted by atomic mass is 16.2. The van der Waals surface area contributed by atoms with Crippen LogP contribution in [0.15, 0.2) is 30.4 Å². The monoisotopic (exact) mass is 278 g/mol. The largest absolute Gasteiger partial charge is 0.274 e. The second kappa shape index (κ2) is 4.05. The van der Waals surface area contributed by atoms with E-state index in [0.717, 1.165) is 12.0 Å². The average molecular weight is 278 g/mol. The van der Waals surface area contributed by atoms with Crippen LogP contribution in [-0.4, -0.2) is 11.8 Å². The van der Waals surface area contributed by atoms with Crippen molar-refractivity contribution in [1.29, 1.82) is 5.26 Å². The normalized spacial score (nSPS) is 32.7. The van der Waals surface area contributed by atoms with Gasteiger partial charge in [-0.1, -0.05) is 18.2 Å². The Morgan fingerprint density at radius 3 is 2.33 bits per heavy atom. The topological polar surface area (TPSA) is 61.2 Å². The lowest BCUT2D eigenvalue weighted by molar-refractivity contribution is -0.123. The third-order valence-corrected chi connectivity index (χ3v) is 5.05. The molecule has 3 aliphatic rings.